The lowest BCUT2D eigenvalue weighted by atomic mass is 10.2. The Morgan fingerprint density at radius 3 is 2.50 bits per heavy atom. The van der Waals surface area contributed by atoms with Crippen LogP contribution >= 0.6 is 0 Å². The Balaban J connectivity index is 2.74. The van der Waals surface area contributed by atoms with Gasteiger partial charge in [-0.05, 0) is 12.1 Å². The second-order valence-electron chi connectivity index (χ2n) is 3.43. The summed E-state index contributed by atoms with van der Waals surface area (Å²) in [5.74, 6) is -1.41. The van der Waals surface area contributed by atoms with Crippen molar-refractivity contribution in [2.75, 3.05) is 13.7 Å². The normalized spacial score (nSPS) is 11.4. The molecule has 1 amide bonds. The van der Waals surface area contributed by atoms with E-state index in [1.807, 2.05) is 0 Å². The summed E-state index contributed by atoms with van der Waals surface area (Å²) >= 11 is 0. The Kier molecular flexibility index (Phi) is 4.79. The van der Waals surface area contributed by atoms with E-state index in [2.05, 4.69) is 10.1 Å². The Morgan fingerprint density at radius 2 is 2.00 bits per heavy atom. The standard InChI is InChI=1S/C11H12N2O5/c1-18-11(15)9(7-13(16)17)12-10(14)8-5-3-2-4-6-8/h2-6,9H,7H2,1H3,(H,12,14). The Labute approximate surface area is 103 Å². The van der Waals surface area contributed by atoms with Crippen LogP contribution in [0.15, 0.2) is 30.3 Å². The highest BCUT2D eigenvalue weighted by Gasteiger charge is 2.27. The van der Waals surface area contributed by atoms with Crippen molar-refractivity contribution >= 4 is 11.9 Å². The van der Waals surface area contributed by atoms with Gasteiger partial charge in [0.15, 0.2) is 6.04 Å². The predicted octanol–water partition coefficient (Wildman–Crippen LogP) is 0.235. The topological polar surface area (TPSA) is 98.5 Å². The Morgan fingerprint density at radius 1 is 1.39 bits per heavy atom. The molecule has 0 saturated carbocycles. The van der Waals surface area contributed by atoms with Crippen LogP contribution in [0.3, 0.4) is 0 Å². The number of esters is 1. The minimum atomic E-state index is -1.29. The molecular formula is C11H12N2O5. The van der Waals surface area contributed by atoms with Gasteiger partial charge < -0.3 is 10.1 Å². The molecule has 96 valence electrons. The van der Waals surface area contributed by atoms with Crippen LogP contribution in [0, 0.1) is 10.1 Å². The summed E-state index contributed by atoms with van der Waals surface area (Å²) in [6.07, 6.45) is 0. The molecule has 0 heterocycles. The average molecular weight is 252 g/mol. The Bertz CT molecular complexity index is 446. The highest BCUT2D eigenvalue weighted by atomic mass is 16.6. The van der Waals surface area contributed by atoms with Crippen LogP contribution in [0.5, 0.6) is 0 Å². The number of ether oxygens (including phenoxy) is 1. The third-order valence-electron chi connectivity index (χ3n) is 2.16. The van der Waals surface area contributed by atoms with E-state index in [0.717, 1.165) is 7.11 Å². The first-order valence-electron chi connectivity index (χ1n) is 5.10. The van der Waals surface area contributed by atoms with Crippen molar-refractivity contribution in [2.45, 2.75) is 6.04 Å². The van der Waals surface area contributed by atoms with E-state index >= 15 is 0 Å². The molecular weight excluding hydrogens is 240 g/mol. The number of carbonyl (C=O) groups is 2. The minimum absolute atomic E-state index is 0.315. The molecule has 0 aliphatic heterocycles. The number of rotatable bonds is 5. The molecule has 1 atom stereocenters. The number of nitrogens with zero attached hydrogens (tertiary/aromatic N) is 1. The third kappa shape index (κ3) is 3.85. The summed E-state index contributed by atoms with van der Waals surface area (Å²) in [4.78, 5) is 32.7. The molecule has 18 heavy (non-hydrogen) atoms. The van der Waals surface area contributed by atoms with Crippen LogP contribution < -0.4 is 5.32 Å². The molecule has 7 heteroatoms. The number of hydrogen-bond acceptors (Lipinski definition) is 5. The van der Waals surface area contributed by atoms with Crippen LogP contribution in [0.2, 0.25) is 0 Å². The zero-order chi connectivity index (χ0) is 13.5. The van der Waals surface area contributed by atoms with Crippen molar-refractivity contribution in [1.29, 1.82) is 0 Å². The Hall–Kier alpha value is -2.44. The van der Waals surface area contributed by atoms with Crippen molar-refractivity contribution in [3.05, 3.63) is 46.0 Å². The number of methoxy groups -OCH3 is 1. The summed E-state index contributed by atoms with van der Waals surface area (Å²) in [5.41, 5.74) is 0.315. The van der Waals surface area contributed by atoms with Gasteiger partial charge >= 0.3 is 5.97 Å². The molecule has 1 aromatic rings. The lowest BCUT2D eigenvalue weighted by Gasteiger charge is -2.12. The lowest BCUT2D eigenvalue weighted by Crippen LogP contribution is -2.45. The molecule has 0 bridgehead atoms. The highest BCUT2D eigenvalue weighted by molar-refractivity contribution is 5.96. The first kappa shape index (κ1) is 13.6. The summed E-state index contributed by atoms with van der Waals surface area (Å²) in [7, 11) is 1.10. The number of amides is 1. The molecule has 1 aromatic carbocycles. The van der Waals surface area contributed by atoms with Gasteiger partial charge in [-0.1, -0.05) is 18.2 Å². The number of nitrogens with one attached hydrogen (secondary N) is 1. The van der Waals surface area contributed by atoms with Crippen LogP contribution in [0.1, 0.15) is 10.4 Å². The highest BCUT2D eigenvalue weighted by Crippen LogP contribution is 2.00. The molecule has 0 fully saturated rings. The van der Waals surface area contributed by atoms with Crippen molar-refractivity contribution in [3.8, 4) is 0 Å². The SMILES string of the molecule is COC(=O)C(C[N+](=O)[O-])NC(=O)c1ccccc1. The number of benzene rings is 1. The van der Waals surface area contributed by atoms with Crippen LogP contribution in [0.4, 0.5) is 0 Å². The minimum Gasteiger partial charge on any atom is -0.467 e. The fourth-order valence-corrected chi connectivity index (χ4v) is 1.30. The maximum absolute atomic E-state index is 11.7. The van der Waals surface area contributed by atoms with Gasteiger partial charge in [-0.15, -0.1) is 0 Å². The smallest absolute Gasteiger partial charge is 0.335 e. The van der Waals surface area contributed by atoms with Crippen molar-refractivity contribution in [2.24, 2.45) is 0 Å². The number of carbonyl (C=O) groups excluding carboxylic acids is 2. The summed E-state index contributed by atoms with van der Waals surface area (Å²) in [6, 6.07) is 6.81. The van der Waals surface area contributed by atoms with Gasteiger partial charge in [-0.3, -0.25) is 14.9 Å². The number of hydrogen-bond donors (Lipinski definition) is 1. The maximum atomic E-state index is 11.7. The second-order valence-corrected chi connectivity index (χ2v) is 3.43. The first-order chi connectivity index (χ1) is 8.54. The largest absolute Gasteiger partial charge is 0.467 e. The maximum Gasteiger partial charge on any atom is 0.335 e. The van der Waals surface area contributed by atoms with Crippen molar-refractivity contribution < 1.29 is 19.2 Å². The van der Waals surface area contributed by atoms with Gasteiger partial charge in [0.25, 0.3) is 5.91 Å². The van der Waals surface area contributed by atoms with Gasteiger partial charge in [0.1, 0.15) is 0 Å². The molecule has 0 radical (unpaired) electrons. The van der Waals surface area contributed by atoms with E-state index in [4.69, 9.17) is 0 Å². The molecule has 0 aliphatic rings. The second kappa shape index (κ2) is 6.33. The molecule has 1 N–H and O–H groups in total. The zero-order valence-corrected chi connectivity index (χ0v) is 9.66. The fourth-order valence-electron chi connectivity index (χ4n) is 1.30. The van der Waals surface area contributed by atoms with Crippen LogP contribution in [0.25, 0.3) is 0 Å². The van der Waals surface area contributed by atoms with E-state index in [9.17, 15) is 19.7 Å². The zero-order valence-electron chi connectivity index (χ0n) is 9.66. The van der Waals surface area contributed by atoms with Gasteiger partial charge in [-0.2, -0.15) is 0 Å². The van der Waals surface area contributed by atoms with E-state index in [1.165, 1.54) is 12.1 Å². The van der Waals surface area contributed by atoms with E-state index in [1.54, 1.807) is 18.2 Å². The predicted molar refractivity (Wildman–Crippen MR) is 61.6 cm³/mol. The average Bonchev–Trinajstić information content (AvgIpc) is 2.37. The molecule has 0 saturated heterocycles. The van der Waals surface area contributed by atoms with Crippen molar-refractivity contribution in [3.63, 3.8) is 0 Å². The summed E-state index contributed by atoms with van der Waals surface area (Å²) in [5, 5.41) is 12.7. The molecule has 1 rings (SSSR count). The number of nitro groups is 1. The summed E-state index contributed by atoms with van der Waals surface area (Å²) < 4.78 is 4.39. The lowest BCUT2D eigenvalue weighted by molar-refractivity contribution is -0.481. The van der Waals surface area contributed by atoms with Gasteiger partial charge in [-0.25, -0.2) is 4.79 Å². The fraction of sp³-hybridized carbons (Fsp3) is 0.273. The van der Waals surface area contributed by atoms with Crippen molar-refractivity contribution in [1.82, 2.24) is 5.32 Å². The van der Waals surface area contributed by atoms with Crippen LogP contribution in [-0.4, -0.2) is 36.5 Å². The molecule has 0 spiro atoms. The molecule has 0 aromatic heterocycles. The van der Waals surface area contributed by atoms with Gasteiger partial charge in [0.05, 0.1) is 7.11 Å². The van der Waals surface area contributed by atoms with E-state index < -0.39 is 29.4 Å². The third-order valence-corrected chi connectivity index (χ3v) is 2.16. The first-order valence-corrected chi connectivity index (χ1v) is 5.10. The van der Waals surface area contributed by atoms with E-state index in [0.29, 0.717) is 5.56 Å². The molecule has 0 aliphatic carbocycles. The van der Waals surface area contributed by atoms with E-state index in [-0.39, 0.29) is 0 Å². The molecule has 7 nitrogen and oxygen atoms in total. The molecule has 1 unspecified atom stereocenters. The van der Waals surface area contributed by atoms with Crippen LogP contribution in [-0.2, 0) is 9.53 Å². The van der Waals surface area contributed by atoms with Gasteiger partial charge in [0.2, 0.25) is 6.54 Å². The summed E-state index contributed by atoms with van der Waals surface area (Å²) in [6.45, 7) is -0.717. The van der Waals surface area contributed by atoms with Gasteiger partial charge in [0, 0.05) is 10.5 Å². The monoisotopic (exact) mass is 252 g/mol. The quantitative estimate of drug-likeness (QED) is 0.459.